The van der Waals surface area contributed by atoms with Crippen molar-refractivity contribution in [2.75, 3.05) is 19.8 Å². The third-order valence-corrected chi connectivity index (χ3v) is 11.4. The Morgan fingerprint density at radius 1 is 1.08 bits per heavy atom. The Hall–Kier alpha value is -0.476. The minimum Gasteiger partial charge on any atom is -0.460 e. The highest BCUT2D eigenvalue weighted by atomic mass is 28.4. The molecule has 0 amide bonds. The average Bonchev–Trinajstić information content (AvgIpc) is 2.48. The van der Waals surface area contributed by atoms with Crippen molar-refractivity contribution >= 4 is 22.6 Å². The molecule has 1 N–H and O–H groups in total. The lowest BCUT2D eigenvalue weighted by Gasteiger charge is -2.34. The van der Waals surface area contributed by atoms with Gasteiger partial charge in [0.05, 0.1) is 6.61 Å². The molecule has 0 fully saturated rings. The minimum absolute atomic E-state index is 0.0632. The molecule has 0 aliphatic heterocycles. The van der Waals surface area contributed by atoms with Crippen LogP contribution >= 0.6 is 0 Å². The summed E-state index contributed by atoms with van der Waals surface area (Å²) >= 11 is 0. The van der Waals surface area contributed by atoms with Crippen molar-refractivity contribution in [3.63, 3.8) is 0 Å². The SMILES string of the molecule is C=C(C)C(=O)OCC(O)COCCC[Si](C)(C)O[Si](C)(C)CCCC. The molecule has 148 valence electrons. The van der Waals surface area contributed by atoms with E-state index in [4.69, 9.17) is 13.6 Å². The predicted molar refractivity (Wildman–Crippen MR) is 108 cm³/mol. The molecule has 7 heteroatoms. The third-order valence-electron chi connectivity index (χ3n) is 3.82. The van der Waals surface area contributed by atoms with E-state index in [1.165, 1.54) is 18.9 Å². The van der Waals surface area contributed by atoms with Gasteiger partial charge in [-0.3, -0.25) is 0 Å². The van der Waals surface area contributed by atoms with Gasteiger partial charge in [-0.25, -0.2) is 4.79 Å². The van der Waals surface area contributed by atoms with Gasteiger partial charge in [-0.1, -0.05) is 26.3 Å². The van der Waals surface area contributed by atoms with Crippen molar-refractivity contribution < 1.29 is 23.5 Å². The third kappa shape index (κ3) is 13.4. The van der Waals surface area contributed by atoms with Gasteiger partial charge in [-0.15, -0.1) is 0 Å². The standard InChI is InChI=1S/C18H38O5Si2/c1-8-9-12-24(4,5)23-25(6,7)13-10-11-21-14-17(19)15-22-18(20)16(2)3/h17,19H,2,8-15H2,1,3-7H3. The van der Waals surface area contributed by atoms with Crippen molar-refractivity contribution in [2.45, 2.75) is 77.5 Å². The van der Waals surface area contributed by atoms with E-state index in [9.17, 15) is 9.90 Å². The molecule has 0 saturated carbocycles. The number of carbonyl (C=O) groups excluding carboxylic acids is 1. The van der Waals surface area contributed by atoms with E-state index < -0.39 is 28.7 Å². The summed E-state index contributed by atoms with van der Waals surface area (Å²) in [6.45, 7) is 17.2. The molecule has 0 aromatic carbocycles. The molecule has 0 aromatic rings. The average molecular weight is 391 g/mol. The van der Waals surface area contributed by atoms with Gasteiger partial charge >= 0.3 is 5.97 Å². The molecule has 0 aromatic heterocycles. The highest BCUT2D eigenvalue weighted by molar-refractivity contribution is 6.84. The van der Waals surface area contributed by atoms with Crippen LogP contribution in [0.25, 0.3) is 0 Å². The number of rotatable bonds is 14. The molecule has 1 unspecified atom stereocenters. The maximum atomic E-state index is 11.2. The van der Waals surface area contributed by atoms with Crippen LogP contribution in [0.3, 0.4) is 0 Å². The fourth-order valence-electron chi connectivity index (χ4n) is 2.62. The molecule has 25 heavy (non-hydrogen) atoms. The van der Waals surface area contributed by atoms with Crippen LogP contribution in [0.5, 0.6) is 0 Å². The Morgan fingerprint density at radius 3 is 2.16 bits per heavy atom. The molecule has 0 aliphatic rings. The zero-order valence-corrected chi connectivity index (χ0v) is 19.0. The van der Waals surface area contributed by atoms with Crippen molar-refractivity contribution in [3.05, 3.63) is 12.2 Å². The highest BCUT2D eigenvalue weighted by Crippen LogP contribution is 2.24. The monoisotopic (exact) mass is 390 g/mol. The van der Waals surface area contributed by atoms with E-state index in [2.05, 4.69) is 39.7 Å². The van der Waals surface area contributed by atoms with E-state index in [1.54, 1.807) is 6.92 Å². The second kappa shape index (κ2) is 12.0. The van der Waals surface area contributed by atoms with Gasteiger partial charge in [0, 0.05) is 12.2 Å². The van der Waals surface area contributed by atoms with Crippen molar-refractivity contribution in [1.82, 2.24) is 0 Å². The Balaban J connectivity index is 3.91. The first-order valence-electron chi connectivity index (χ1n) is 9.27. The van der Waals surface area contributed by atoms with E-state index in [0.717, 1.165) is 12.5 Å². The van der Waals surface area contributed by atoms with Crippen LogP contribution in [0.1, 0.15) is 33.1 Å². The van der Waals surface area contributed by atoms with Crippen LogP contribution in [-0.2, 0) is 18.4 Å². The normalized spacial score (nSPS) is 13.6. The number of unbranched alkanes of at least 4 members (excludes halogenated alkanes) is 1. The van der Waals surface area contributed by atoms with Crippen LogP contribution < -0.4 is 0 Å². The first-order valence-corrected chi connectivity index (χ1v) is 15.5. The number of carbonyl (C=O) groups is 1. The van der Waals surface area contributed by atoms with Crippen LogP contribution in [0.4, 0.5) is 0 Å². The number of ether oxygens (including phenoxy) is 2. The lowest BCUT2D eigenvalue weighted by molar-refractivity contribution is -0.143. The summed E-state index contributed by atoms with van der Waals surface area (Å²) in [6.07, 6.45) is 2.60. The highest BCUT2D eigenvalue weighted by Gasteiger charge is 2.32. The molecule has 0 bridgehead atoms. The number of aliphatic hydroxyl groups excluding tert-OH is 1. The summed E-state index contributed by atoms with van der Waals surface area (Å²) in [6, 6.07) is 2.28. The number of aliphatic hydroxyl groups is 1. The number of hydrogen-bond donors (Lipinski definition) is 1. The zero-order valence-electron chi connectivity index (χ0n) is 17.0. The van der Waals surface area contributed by atoms with Crippen molar-refractivity contribution in [3.8, 4) is 0 Å². The summed E-state index contributed by atoms with van der Waals surface area (Å²) in [5, 5.41) is 9.73. The van der Waals surface area contributed by atoms with Gasteiger partial charge in [0.2, 0.25) is 0 Å². The van der Waals surface area contributed by atoms with Gasteiger partial charge in [-0.2, -0.15) is 0 Å². The maximum Gasteiger partial charge on any atom is 0.333 e. The molecule has 1 atom stereocenters. The zero-order chi connectivity index (χ0) is 19.5. The van der Waals surface area contributed by atoms with Gasteiger partial charge in [0.1, 0.15) is 12.7 Å². The van der Waals surface area contributed by atoms with Gasteiger partial charge in [-0.05, 0) is 51.6 Å². The van der Waals surface area contributed by atoms with E-state index in [1.807, 2.05) is 0 Å². The smallest absolute Gasteiger partial charge is 0.333 e. The summed E-state index contributed by atoms with van der Waals surface area (Å²) in [4.78, 5) is 11.2. The predicted octanol–water partition coefficient (Wildman–Crippen LogP) is 4.10. The topological polar surface area (TPSA) is 65.0 Å². The first kappa shape index (κ1) is 24.5. The quantitative estimate of drug-likeness (QED) is 0.209. The Bertz CT molecular complexity index is 410. The van der Waals surface area contributed by atoms with E-state index in [-0.39, 0.29) is 13.2 Å². The lowest BCUT2D eigenvalue weighted by atomic mass is 10.3. The molecule has 0 rings (SSSR count). The van der Waals surface area contributed by atoms with Crippen molar-refractivity contribution in [1.29, 1.82) is 0 Å². The van der Waals surface area contributed by atoms with Crippen molar-refractivity contribution in [2.24, 2.45) is 0 Å². The van der Waals surface area contributed by atoms with E-state index in [0.29, 0.717) is 12.2 Å². The van der Waals surface area contributed by atoms with Gasteiger partial charge < -0.3 is 18.7 Å². The minimum atomic E-state index is -1.67. The van der Waals surface area contributed by atoms with E-state index >= 15 is 0 Å². The second-order valence-electron chi connectivity index (χ2n) is 7.94. The maximum absolute atomic E-state index is 11.2. The Kier molecular flexibility index (Phi) is 11.8. The fourth-order valence-corrected chi connectivity index (χ4v) is 11.6. The molecule has 0 aliphatic carbocycles. The second-order valence-corrected chi connectivity index (χ2v) is 16.8. The summed E-state index contributed by atoms with van der Waals surface area (Å²) in [5.41, 5.74) is 0.325. The molecule has 0 spiro atoms. The largest absolute Gasteiger partial charge is 0.460 e. The van der Waals surface area contributed by atoms with Crippen LogP contribution in [0.15, 0.2) is 12.2 Å². The number of esters is 1. The van der Waals surface area contributed by atoms with Crippen LogP contribution in [0, 0.1) is 0 Å². The van der Waals surface area contributed by atoms with Gasteiger partial charge in [0.25, 0.3) is 0 Å². The van der Waals surface area contributed by atoms with Crippen LogP contribution in [-0.4, -0.2) is 53.6 Å². The van der Waals surface area contributed by atoms with Crippen LogP contribution in [0.2, 0.25) is 38.3 Å². The molecular weight excluding hydrogens is 352 g/mol. The molecule has 5 nitrogen and oxygen atoms in total. The summed E-state index contributed by atoms with van der Waals surface area (Å²) in [5.74, 6) is -0.487. The molecular formula is C18H38O5Si2. The Labute approximate surface area is 156 Å². The molecule has 0 heterocycles. The first-order chi connectivity index (χ1) is 11.5. The summed E-state index contributed by atoms with van der Waals surface area (Å²) in [7, 11) is -3.22. The fraction of sp³-hybridized carbons (Fsp3) is 0.833. The Morgan fingerprint density at radius 2 is 1.64 bits per heavy atom. The number of hydrogen-bond acceptors (Lipinski definition) is 5. The molecule has 0 saturated heterocycles. The summed E-state index contributed by atoms with van der Waals surface area (Å²) < 4.78 is 16.9. The molecule has 0 radical (unpaired) electrons. The van der Waals surface area contributed by atoms with Gasteiger partial charge in [0.15, 0.2) is 16.6 Å². The lowest BCUT2D eigenvalue weighted by Crippen LogP contribution is -2.44.